The first-order chi connectivity index (χ1) is 9.95. The van der Waals surface area contributed by atoms with E-state index in [-0.39, 0.29) is 16.8 Å². The summed E-state index contributed by atoms with van der Waals surface area (Å²) >= 11 is 0. The van der Waals surface area contributed by atoms with Crippen LogP contribution in [0.5, 0.6) is 0 Å². The summed E-state index contributed by atoms with van der Waals surface area (Å²) in [6.07, 6.45) is 0. The number of amides is 2. The van der Waals surface area contributed by atoms with Crippen LogP contribution in [0.4, 0.5) is 10.5 Å². The maximum Gasteiger partial charge on any atom is 0.337 e. The number of methoxy groups -OCH3 is 1. The SMILES string of the molecule is COC(=O)C1=C(C)NC(=O)NC1c1ccccc1[N+](=O)[O-]. The summed E-state index contributed by atoms with van der Waals surface area (Å²) in [6, 6.07) is 4.44. The maximum absolute atomic E-state index is 11.9. The molecular formula is C13H13N3O5. The molecule has 1 aromatic carbocycles. The average molecular weight is 291 g/mol. The fourth-order valence-corrected chi connectivity index (χ4v) is 2.21. The van der Waals surface area contributed by atoms with Crippen LogP contribution in [-0.2, 0) is 9.53 Å². The average Bonchev–Trinajstić information content (AvgIpc) is 2.45. The highest BCUT2D eigenvalue weighted by Gasteiger charge is 2.35. The summed E-state index contributed by atoms with van der Waals surface area (Å²) in [6.45, 7) is 1.53. The van der Waals surface area contributed by atoms with Crippen LogP contribution in [0.25, 0.3) is 0 Å². The zero-order valence-electron chi connectivity index (χ0n) is 11.4. The molecule has 1 aliphatic rings. The minimum atomic E-state index is -0.937. The molecule has 1 aromatic rings. The lowest BCUT2D eigenvalue weighted by Gasteiger charge is -2.27. The number of allylic oxidation sites excluding steroid dienone is 1. The molecule has 0 radical (unpaired) electrons. The van der Waals surface area contributed by atoms with Gasteiger partial charge >= 0.3 is 12.0 Å². The van der Waals surface area contributed by atoms with E-state index in [1.807, 2.05) is 0 Å². The molecule has 0 bridgehead atoms. The molecule has 0 spiro atoms. The number of urea groups is 1. The van der Waals surface area contributed by atoms with Gasteiger partial charge < -0.3 is 15.4 Å². The highest BCUT2D eigenvalue weighted by molar-refractivity contribution is 5.95. The van der Waals surface area contributed by atoms with Crippen molar-refractivity contribution in [3.8, 4) is 0 Å². The minimum Gasteiger partial charge on any atom is -0.466 e. The molecule has 2 rings (SSSR count). The van der Waals surface area contributed by atoms with Crippen molar-refractivity contribution in [1.29, 1.82) is 0 Å². The Bertz CT molecular complexity index is 653. The Kier molecular flexibility index (Phi) is 3.88. The standard InChI is InChI=1S/C13H13N3O5/c1-7-10(12(17)21-2)11(15-13(18)14-7)8-5-3-4-6-9(8)16(19)20/h3-6,11H,1-2H3,(H2,14,15,18). The second-order valence-corrected chi connectivity index (χ2v) is 4.38. The molecule has 2 N–H and O–H groups in total. The Morgan fingerprint density at radius 3 is 2.67 bits per heavy atom. The third-order valence-electron chi connectivity index (χ3n) is 3.12. The summed E-state index contributed by atoms with van der Waals surface area (Å²) in [4.78, 5) is 34.1. The van der Waals surface area contributed by atoms with Gasteiger partial charge in [-0.2, -0.15) is 0 Å². The summed E-state index contributed by atoms with van der Waals surface area (Å²) in [5.74, 6) is -0.664. The number of hydrogen-bond acceptors (Lipinski definition) is 5. The predicted molar refractivity (Wildman–Crippen MR) is 72.2 cm³/mol. The Morgan fingerprint density at radius 2 is 2.05 bits per heavy atom. The molecule has 1 unspecified atom stereocenters. The Labute approximate surface area is 119 Å². The van der Waals surface area contributed by atoms with E-state index in [2.05, 4.69) is 15.4 Å². The molecule has 0 saturated heterocycles. The van der Waals surface area contributed by atoms with Gasteiger partial charge in [0.1, 0.15) is 0 Å². The molecule has 1 atom stereocenters. The van der Waals surface area contributed by atoms with Crippen molar-refractivity contribution in [1.82, 2.24) is 10.6 Å². The first-order valence-electron chi connectivity index (χ1n) is 6.05. The van der Waals surface area contributed by atoms with Gasteiger partial charge in [0, 0.05) is 11.8 Å². The smallest absolute Gasteiger partial charge is 0.337 e. The second-order valence-electron chi connectivity index (χ2n) is 4.38. The number of para-hydroxylation sites is 1. The number of esters is 1. The van der Waals surface area contributed by atoms with Crippen molar-refractivity contribution < 1.29 is 19.2 Å². The number of nitrogens with one attached hydrogen (secondary N) is 2. The van der Waals surface area contributed by atoms with E-state index in [0.717, 1.165) is 0 Å². The summed E-state index contributed by atoms with van der Waals surface area (Å²) in [7, 11) is 1.20. The number of benzene rings is 1. The van der Waals surface area contributed by atoms with Crippen LogP contribution in [0.3, 0.4) is 0 Å². The molecule has 0 fully saturated rings. The Hall–Kier alpha value is -2.90. The molecule has 110 valence electrons. The lowest BCUT2D eigenvalue weighted by molar-refractivity contribution is -0.385. The lowest BCUT2D eigenvalue weighted by atomic mass is 9.94. The van der Waals surface area contributed by atoms with Gasteiger partial charge in [-0.25, -0.2) is 9.59 Å². The van der Waals surface area contributed by atoms with Crippen LogP contribution in [0.15, 0.2) is 35.5 Å². The van der Waals surface area contributed by atoms with Crippen LogP contribution in [-0.4, -0.2) is 24.0 Å². The van der Waals surface area contributed by atoms with Gasteiger partial charge in [0.2, 0.25) is 0 Å². The Morgan fingerprint density at radius 1 is 1.38 bits per heavy atom. The largest absolute Gasteiger partial charge is 0.466 e. The number of nitro groups is 1. The van der Waals surface area contributed by atoms with Crippen molar-refractivity contribution in [2.24, 2.45) is 0 Å². The second kappa shape index (κ2) is 5.61. The van der Waals surface area contributed by atoms with E-state index in [9.17, 15) is 19.7 Å². The highest BCUT2D eigenvalue weighted by Crippen LogP contribution is 2.32. The number of carbonyl (C=O) groups excluding carboxylic acids is 2. The quantitative estimate of drug-likeness (QED) is 0.496. The maximum atomic E-state index is 11.9. The van der Waals surface area contributed by atoms with Crippen molar-refractivity contribution in [3.05, 3.63) is 51.2 Å². The molecule has 0 aliphatic carbocycles. The van der Waals surface area contributed by atoms with Gasteiger partial charge in [0.15, 0.2) is 0 Å². The van der Waals surface area contributed by atoms with Gasteiger partial charge in [0.05, 0.1) is 29.2 Å². The Balaban J connectivity index is 2.60. The normalized spacial score (nSPS) is 17.8. The minimum absolute atomic E-state index is 0.131. The fraction of sp³-hybridized carbons (Fsp3) is 0.231. The zero-order valence-corrected chi connectivity index (χ0v) is 11.4. The summed E-state index contributed by atoms with van der Waals surface area (Å²) in [5, 5.41) is 16.1. The monoisotopic (exact) mass is 291 g/mol. The third kappa shape index (κ3) is 2.69. The number of nitro benzene ring substituents is 1. The number of rotatable bonds is 3. The zero-order chi connectivity index (χ0) is 15.6. The fourth-order valence-electron chi connectivity index (χ4n) is 2.21. The van der Waals surface area contributed by atoms with Crippen molar-refractivity contribution in [2.45, 2.75) is 13.0 Å². The van der Waals surface area contributed by atoms with Crippen LogP contribution < -0.4 is 10.6 Å². The third-order valence-corrected chi connectivity index (χ3v) is 3.12. The van der Waals surface area contributed by atoms with E-state index in [1.54, 1.807) is 6.07 Å². The van der Waals surface area contributed by atoms with Crippen molar-refractivity contribution in [2.75, 3.05) is 7.11 Å². The van der Waals surface area contributed by atoms with E-state index in [0.29, 0.717) is 5.70 Å². The van der Waals surface area contributed by atoms with Gasteiger partial charge in [-0.15, -0.1) is 0 Å². The van der Waals surface area contributed by atoms with E-state index < -0.39 is 23.0 Å². The summed E-state index contributed by atoms with van der Waals surface area (Å²) < 4.78 is 4.69. The lowest BCUT2D eigenvalue weighted by Crippen LogP contribution is -2.45. The van der Waals surface area contributed by atoms with Gasteiger partial charge in [-0.05, 0) is 13.0 Å². The van der Waals surface area contributed by atoms with Crippen LogP contribution in [0.1, 0.15) is 18.5 Å². The molecule has 8 heteroatoms. The molecule has 21 heavy (non-hydrogen) atoms. The number of carbonyl (C=O) groups is 2. The van der Waals surface area contributed by atoms with Gasteiger partial charge in [-0.1, -0.05) is 12.1 Å². The van der Waals surface area contributed by atoms with Crippen LogP contribution in [0.2, 0.25) is 0 Å². The highest BCUT2D eigenvalue weighted by atomic mass is 16.6. The summed E-state index contributed by atoms with van der Waals surface area (Å²) in [5.41, 5.74) is 0.469. The van der Waals surface area contributed by atoms with E-state index in [4.69, 9.17) is 0 Å². The number of nitrogens with zero attached hydrogens (tertiary/aromatic N) is 1. The van der Waals surface area contributed by atoms with Gasteiger partial charge in [-0.3, -0.25) is 10.1 Å². The molecule has 1 aliphatic heterocycles. The molecule has 0 aromatic heterocycles. The molecule has 8 nitrogen and oxygen atoms in total. The van der Waals surface area contributed by atoms with Crippen LogP contribution in [0, 0.1) is 10.1 Å². The first-order valence-corrected chi connectivity index (χ1v) is 6.05. The molecular weight excluding hydrogens is 278 g/mol. The molecule has 2 amide bonds. The van der Waals surface area contributed by atoms with Crippen LogP contribution >= 0.6 is 0 Å². The molecule has 0 saturated carbocycles. The first kappa shape index (κ1) is 14.5. The molecule has 1 heterocycles. The number of hydrogen-bond donors (Lipinski definition) is 2. The van der Waals surface area contributed by atoms with Gasteiger partial charge in [0.25, 0.3) is 5.69 Å². The van der Waals surface area contributed by atoms with Crippen molar-refractivity contribution >= 4 is 17.7 Å². The predicted octanol–water partition coefficient (Wildman–Crippen LogP) is 1.40. The van der Waals surface area contributed by atoms with Crippen molar-refractivity contribution in [3.63, 3.8) is 0 Å². The van der Waals surface area contributed by atoms with E-state index in [1.165, 1.54) is 32.2 Å². The van der Waals surface area contributed by atoms with E-state index >= 15 is 0 Å². The topological polar surface area (TPSA) is 111 Å². The number of ether oxygens (including phenoxy) is 1.